The van der Waals surface area contributed by atoms with Gasteiger partial charge in [-0.25, -0.2) is 9.07 Å². The van der Waals surface area contributed by atoms with Crippen LogP contribution in [0, 0.1) is 5.82 Å². The van der Waals surface area contributed by atoms with Gasteiger partial charge in [0.15, 0.2) is 0 Å². The van der Waals surface area contributed by atoms with Crippen LogP contribution < -0.4 is 10.9 Å². The van der Waals surface area contributed by atoms with Crippen LogP contribution in [0.15, 0.2) is 35.1 Å². The Labute approximate surface area is 139 Å². The summed E-state index contributed by atoms with van der Waals surface area (Å²) in [5, 5.41) is 7.18. The summed E-state index contributed by atoms with van der Waals surface area (Å²) in [7, 11) is 0. The first kappa shape index (κ1) is 16.4. The van der Waals surface area contributed by atoms with Crippen molar-refractivity contribution in [3.8, 4) is 0 Å². The number of carbonyl (C=O) groups excluding carboxylic acids is 1. The summed E-state index contributed by atoms with van der Waals surface area (Å²) in [6.45, 7) is 0.612. The van der Waals surface area contributed by atoms with Gasteiger partial charge >= 0.3 is 0 Å². The highest BCUT2D eigenvalue weighted by atomic mass is 19.1. The SMILES string of the molecule is O=C(NCCn1nc2c(cc1=O)CCCCC2)c1ccc(F)cc1. The van der Waals surface area contributed by atoms with E-state index in [1.807, 2.05) is 0 Å². The maximum absolute atomic E-state index is 12.9. The Morgan fingerprint density at radius 1 is 1.17 bits per heavy atom. The molecule has 0 bridgehead atoms. The molecule has 24 heavy (non-hydrogen) atoms. The van der Waals surface area contributed by atoms with E-state index >= 15 is 0 Å². The number of aryl methyl sites for hydroxylation is 2. The molecule has 0 radical (unpaired) electrons. The van der Waals surface area contributed by atoms with Crippen molar-refractivity contribution in [2.45, 2.75) is 38.6 Å². The van der Waals surface area contributed by atoms with E-state index in [2.05, 4.69) is 10.4 Å². The highest BCUT2D eigenvalue weighted by Crippen LogP contribution is 2.16. The van der Waals surface area contributed by atoms with Crippen LogP contribution >= 0.6 is 0 Å². The third-order valence-corrected chi connectivity index (χ3v) is 4.24. The first-order valence-electron chi connectivity index (χ1n) is 8.27. The Morgan fingerprint density at radius 3 is 2.71 bits per heavy atom. The molecular weight excluding hydrogens is 309 g/mol. The molecule has 0 saturated heterocycles. The maximum Gasteiger partial charge on any atom is 0.267 e. The number of hydrogen-bond donors (Lipinski definition) is 1. The molecule has 1 amide bonds. The lowest BCUT2D eigenvalue weighted by molar-refractivity contribution is 0.0951. The van der Waals surface area contributed by atoms with Crippen molar-refractivity contribution < 1.29 is 9.18 Å². The lowest BCUT2D eigenvalue weighted by atomic mass is 10.1. The highest BCUT2D eigenvalue weighted by Gasteiger charge is 2.12. The molecule has 0 saturated carbocycles. The number of aromatic nitrogens is 2. The number of fused-ring (bicyclic) bond motifs is 1. The van der Waals surface area contributed by atoms with E-state index in [0.717, 1.165) is 43.4 Å². The molecule has 0 spiro atoms. The van der Waals surface area contributed by atoms with Crippen molar-refractivity contribution in [3.63, 3.8) is 0 Å². The van der Waals surface area contributed by atoms with Crippen molar-refractivity contribution in [1.29, 1.82) is 0 Å². The van der Waals surface area contributed by atoms with Crippen LogP contribution in [0.4, 0.5) is 4.39 Å². The molecule has 1 aromatic heterocycles. The van der Waals surface area contributed by atoms with E-state index in [1.165, 1.54) is 28.9 Å². The fourth-order valence-electron chi connectivity index (χ4n) is 2.92. The van der Waals surface area contributed by atoms with Gasteiger partial charge in [0, 0.05) is 18.2 Å². The Balaban J connectivity index is 1.62. The summed E-state index contributed by atoms with van der Waals surface area (Å²) < 4.78 is 14.3. The molecular formula is C18H20FN3O2. The zero-order chi connectivity index (χ0) is 16.9. The molecule has 3 rings (SSSR count). The molecule has 0 aliphatic heterocycles. The minimum Gasteiger partial charge on any atom is -0.350 e. The van der Waals surface area contributed by atoms with E-state index in [4.69, 9.17) is 0 Å². The molecule has 0 atom stereocenters. The molecule has 1 aliphatic carbocycles. The third-order valence-electron chi connectivity index (χ3n) is 4.24. The predicted molar refractivity (Wildman–Crippen MR) is 88.5 cm³/mol. The molecule has 1 heterocycles. The summed E-state index contributed by atoms with van der Waals surface area (Å²) in [5.74, 6) is -0.676. The molecule has 0 unspecified atom stereocenters. The first-order valence-corrected chi connectivity index (χ1v) is 8.27. The van der Waals surface area contributed by atoms with Gasteiger partial charge in [-0.15, -0.1) is 0 Å². The minimum absolute atomic E-state index is 0.133. The van der Waals surface area contributed by atoms with Gasteiger partial charge in [0.05, 0.1) is 12.2 Å². The Bertz CT molecular complexity index is 784. The zero-order valence-electron chi connectivity index (χ0n) is 13.4. The number of carbonyl (C=O) groups is 1. The van der Waals surface area contributed by atoms with Gasteiger partial charge in [0.25, 0.3) is 11.5 Å². The number of nitrogens with one attached hydrogen (secondary N) is 1. The number of benzene rings is 1. The van der Waals surface area contributed by atoms with Crippen LogP contribution in [0.3, 0.4) is 0 Å². The topological polar surface area (TPSA) is 64.0 Å². The fourth-order valence-corrected chi connectivity index (χ4v) is 2.92. The summed E-state index contributed by atoms with van der Waals surface area (Å²) in [4.78, 5) is 24.1. The van der Waals surface area contributed by atoms with Gasteiger partial charge in [-0.1, -0.05) is 6.42 Å². The van der Waals surface area contributed by atoms with E-state index in [-0.39, 0.29) is 17.3 Å². The number of hydrogen-bond acceptors (Lipinski definition) is 3. The predicted octanol–water partition coefficient (Wildman–Crippen LogP) is 2.08. The lowest BCUT2D eigenvalue weighted by Gasteiger charge is -2.10. The van der Waals surface area contributed by atoms with Crippen LogP contribution in [-0.4, -0.2) is 22.2 Å². The monoisotopic (exact) mass is 329 g/mol. The van der Waals surface area contributed by atoms with E-state index in [1.54, 1.807) is 6.07 Å². The van der Waals surface area contributed by atoms with Gasteiger partial charge in [-0.05, 0) is 55.5 Å². The number of rotatable bonds is 4. The molecule has 2 aromatic rings. The summed E-state index contributed by atoms with van der Waals surface area (Å²) in [5.41, 5.74) is 2.31. The van der Waals surface area contributed by atoms with Crippen molar-refractivity contribution in [2.75, 3.05) is 6.54 Å². The minimum atomic E-state index is -0.382. The van der Waals surface area contributed by atoms with Crippen LogP contribution in [0.1, 0.15) is 40.9 Å². The summed E-state index contributed by atoms with van der Waals surface area (Å²) in [6.07, 6.45) is 5.18. The summed E-state index contributed by atoms with van der Waals surface area (Å²) >= 11 is 0. The standard InChI is InChI=1S/C18H20FN3O2/c19-15-8-6-13(7-9-15)18(24)20-10-11-22-17(23)12-14-4-2-1-3-5-16(14)21-22/h6-9,12H,1-5,10-11H2,(H,20,24). The van der Waals surface area contributed by atoms with Gasteiger partial charge in [0.2, 0.25) is 0 Å². The molecule has 1 N–H and O–H groups in total. The molecule has 126 valence electrons. The average Bonchev–Trinajstić information content (AvgIpc) is 2.80. The number of amides is 1. The number of nitrogens with zero attached hydrogens (tertiary/aromatic N) is 2. The third kappa shape index (κ3) is 3.88. The van der Waals surface area contributed by atoms with E-state index < -0.39 is 0 Å². The molecule has 5 nitrogen and oxygen atoms in total. The fraction of sp³-hybridized carbons (Fsp3) is 0.389. The largest absolute Gasteiger partial charge is 0.350 e. The highest BCUT2D eigenvalue weighted by molar-refractivity contribution is 5.94. The maximum atomic E-state index is 12.9. The van der Waals surface area contributed by atoms with Crippen molar-refractivity contribution in [1.82, 2.24) is 15.1 Å². The average molecular weight is 329 g/mol. The van der Waals surface area contributed by atoms with Crippen molar-refractivity contribution in [3.05, 3.63) is 63.3 Å². The molecule has 1 aliphatic rings. The lowest BCUT2D eigenvalue weighted by Crippen LogP contribution is -2.32. The van der Waals surface area contributed by atoms with E-state index in [9.17, 15) is 14.0 Å². The second-order valence-electron chi connectivity index (χ2n) is 6.00. The Hall–Kier alpha value is -2.50. The Morgan fingerprint density at radius 2 is 1.92 bits per heavy atom. The van der Waals surface area contributed by atoms with Gasteiger partial charge in [-0.2, -0.15) is 5.10 Å². The molecule has 1 aromatic carbocycles. The van der Waals surface area contributed by atoms with Crippen LogP contribution in [0.5, 0.6) is 0 Å². The van der Waals surface area contributed by atoms with Gasteiger partial charge in [-0.3, -0.25) is 9.59 Å². The zero-order valence-corrected chi connectivity index (χ0v) is 13.4. The molecule has 0 fully saturated rings. The van der Waals surface area contributed by atoms with Gasteiger partial charge < -0.3 is 5.32 Å². The van der Waals surface area contributed by atoms with Crippen LogP contribution in [0.25, 0.3) is 0 Å². The summed E-state index contributed by atoms with van der Waals surface area (Å²) in [6, 6.07) is 7.02. The normalized spacial score (nSPS) is 13.9. The van der Waals surface area contributed by atoms with E-state index in [0.29, 0.717) is 18.7 Å². The second kappa shape index (κ2) is 7.38. The first-order chi connectivity index (χ1) is 11.6. The molecule has 6 heteroatoms. The quantitative estimate of drug-likeness (QED) is 0.874. The van der Waals surface area contributed by atoms with Crippen LogP contribution in [0.2, 0.25) is 0 Å². The smallest absolute Gasteiger partial charge is 0.267 e. The van der Waals surface area contributed by atoms with Crippen molar-refractivity contribution in [2.24, 2.45) is 0 Å². The Kier molecular flexibility index (Phi) is 5.03. The second-order valence-corrected chi connectivity index (χ2v) is 6.00. The number of halogens is 1. The van der Waals surface area contributed by atoms with Gasteiger partial charge in [0.1, 0.15) is 5.82 Å². The van der Waals surface area contributed by atoms with Crippen LogP contribution in [-0.2, 0) is 19.4 Å². The van der Waals surface area contributed by atoms with Crippen molar-refractivity contribution >= 4 is 5.91 Å².